The van der Waals surface area contributed by atoms with Gasteiger partial charge in [-0.3, -0.25) is 9.78 Å². The van der Waals surface area contributed by atoms with Crippen molar-refractivity contribution in [1.82, 2.24) is 9.97 Å². The predicted molar refractivity (Wildman–Crippen MR) is 122 cm³/mol. The average molecular weight is 409 g/mol. The quantitative estimate of drug-likeness (QED) is 0.455. The number of pyridine rings is 2. The molecule has 2 heterocycles. The van der Waals surface area contributed by atoms with Crippen molar-refractivity contribution in [3.8, 4) is 22.6 Å². The van der Waals surface area contributed by atoms with E-state index in [9.17, 15) is 4.79 Å². The third-order valence-corrected chi connectivity index (χ3v) is 4.93. The van der Waals surface area contributed by atoms with E-state index in [2.05, 4.69) is 9.97 Å². The van der Waals surface area contributed by atoms with Gasteiger partial charge in [0.25, 0.3) is 0 Å². The number of nitrogen functional groups attached to an aromatic ring is 1. The van der Waals surface area contributed by atoms with E-state index >= 15 is 0 Å². The van der Waals surface area contributed by atoms with E-state index in [1.807, 2.05) is 73.7 Å². The first-order chi connectivity index (χ1) is 15.1. The SMILES string of the molecule is Cc1ccc(CC(=O)Cc2cccc(Oc3cc(-c4cccnc4)cnc3N)c2)cc1. The molecule has 5 nitrogen and oxygen atoms in total. The Hall–Kier alpha value is -3.99. The van der Waals surface area contributed by atoms with E-state index < -0.39 is 0 Å². The van der Waals surface area contributed by atoms with E-state index in [1.54, 1.807) is 18.6 Å². The summed E-state index contributed by atoms with van der Waals surface area (Å²) in [6, 6.07) is 21.2. The van der Waals surface area contributed by atoms with Crippen LogP contribution >= 0.6 is 0 Å². The summed E-state index contributed by atoms with van der Waals surface area (Å²) in [5, 5.41) is 0. The van der Waals surface area contributed by atoms with Gasteiger partial charge in [0.15, 0.2) is 11.6 Å². The summed E-state index contributed by atoms with van der Waals surface area (Å²) in [6.45, 7) is 2.03. The number of Topliss-reactive ketones (excluding diaryl/α,β-unsaturated/α-hetero) is 1. The number of nitrogens with two attached hydrogens (primary N) is 1. The molecular formula is C26H23N3O2. The number of carbonyl (C=O) groups is 1. The van der Waals surface area contributed by atoms with Crippen LogP contribution in [0.25, 0.3) is 11.1 Å². The highest BCUT2D eigenvalue weighted by Crippen LogP contribution is 2.31. The molecule has 0 saturated heterocycles. The molecule has 31 heavy (non-hydrogen) atoms. The summed E-state index contributed by atoms with van der Waals surface area (Å²) in [6.07, 6.45) is 5.93. The lowest BCUT2D eigenvalue weighted by Gasteiger charge is -2.11. The van der Waals surface area contributed by atoms with Crippen LogP contribution < -0.4 is 10.5 Å². The number of aromatic nitrogens is 2. The Morgan fingerprint density at radius 3 is 2.48 bits per heavy atom. The second kappa shape index (κ2) is 9.22. The second-order valence-electron chi connectivity index (χ2n) is 7.48. The van der Waals surface area contributed by atoms with Gasteiger partial charge in [-0.05, 0) is 42.3 Å². The molecule has 0 unspecified atom stereocenters. The Bertz CT molecular complexity index is 1190. The highest BCUT2D eigenvalue weighted by Gasteiger charge is 2.10. The van der Waals surface area contributed by atoms with Crippen LogP contribution in [0.2, 0.25) is 0 Å². The first kappa shape index (κ1) is 20.3. The van der Waals surface area contributed by atoms with Crippen LogP contribution in [0.5, 0.6) is 11.5 Å². The van der Waals surface area contributed by atoms with Crippen LogP contribution in [-0.2, 0) is 17.6 Å². The Morgan fingerprint density at radius 2 is 1.71 bits per heavy atom. The van der Waals surface area contributed by atoms with Crippen molar-refractivity contribution < 1.29 is 9.53 Å². The highest BCUT2D eigenvalue weighted by atomic mass is 16.5. The third-order valence-electron chi connectivity index (χ3n) is 4.93. The van der Waals surface area contributed by atoms with Crippen molar-refractivity contribution >= 4 is 11.6 Å². The molecule has 5 heteroatoms. The summed E-state index contributed by atoms with van der Waals surface area (Å²) in [4.78, 5) is 20.9. The molecule has 0 amide bonds. The minimum Gasteiger partial charge on any atom is -0.453 e. The first-order valence-electron chi connectivity index (χ1n) is 10.1. The number of hydrogen-bond donors (Lipinski definition) is 1. The third kappa shape index (κ3) is 5.34. The van der Waals surface area contributed by atoms with Gasteiger partial charge in [0.05, 0.1) is 0 Å². The first-order valence-corrected chi connectivity index (χ1v) is 10.1. The molecule has 0 spiro atoms. The van der Waals surface area contributed by atoms with Crippen molar-refractivity contribution in [2.24, 2.45) is 0 Å². The van der Waals surface area contributed by atoms with Crippen molar-refractivity contribution in [2.45, 2.75) is 19.8 Å². The Labute approximate surface area is 181 Å². The number of ether oxygens (including phenoxy) is 1. The van der Waals surface area contributed by atoms with Gasteiger partial charge in [-0.25, -0.2) is 4.98 Å². The number of hydrogen-bond acceptors (Lipinski definition) is 5. The lowest BCUT2D eigenvalue weighted by molar-refractivity contribution is -0.117. The number of rotatable bonds is 7. The van der Waals surface area contributed by atoms with Gasteiger partial charge < -0.3 is 10.5 Å². The number of carbonyl (C=O) groups excluding carboxylic acids is 1. The smallest absolute Gasteiger partial charge is 0.170 e. The van der Waals surface area contributed by atoms with Crippen LogP contribution in [0.4, 0.5) is 5.82 Å². The number of aryl methyl sites for hydroxylation is 1. The molecule has 0 aliphatic carbocycles. The van der Waals surface area contributed by atoms with Gasteiger partial charge in [0.1, 0.15) is 11.5 Å². The molecule has 0 bridgehead atoms. The molecule has 0 fully saturated rings. The Balaban J connectivity index is 1.47. The summed E-state index contributed by atoms with van der Waals surface area (Å²) in [5.74, 6) is 1.52. The van der Waals surface area contributed by atoms with E-state index in [0.29, 0.717) is 30.2 Å². The topological polar surface area (TPSA) is 78.1 Å². The molecule has 0 aliphatic rings. The molecule has 0 atom stereocenters. The van der Waals surface area contributed by atoms with Gasteiger partial charge in [-0.1, -0.05) is 48.0 Å². The Morgan fingerprint density at radius 1 is 0.903 bits per heavy atom. The molecular weight excluding hydrogens is 386 g/mol. The van der Waals surface area contributed by atoms with E-state index in [4.69, 9.17) is 10.5 Å². The summed E-state index contributed by atoms with van der Waals surface area (Å²) in [5.41, 5.74) is 10.9. The minimum atomic E-state index is 0.153. The molecule has 4 rings (SSSR count). The lowest BCUT2D eigenvalue weighted by Crippen LogP contribution is -2.06. The molecule has 2 N–H and O–H groups in total. The summed E-state index contributed by atoms with van der Waals surface area (Å²) < 4.78 is 6.01. The molecule has 0 aliphatic heterocycles. The van der Waals surface area contributed by atoms with Crippen LogP contribution in [0.3, 0.4) is 0 Å². The fraction of sp³-hybridized carbons (Fsp3) is 0.115. The van der Waals surface area contributed by atoms with Crippen LogP contribution in [-0.4, -0.2) is 15.8 Å². The zero-order valence-corrected chi connectivity index (χ0v) is 17.3. The van der Waals surface area contributed by atoms with Crippen LogP contribution in [0.1, 0.15) is 16.7 Å². The van der Waals surface area contributed by atoms with Gasteiger partial charge in [0, 0.05) is 42.6 Å². The van der Waals surface area contributed by atoms with E-state index in [1.165, 1.54) is 5.56 Å². The van der Waals surface area contributed by atoms with Crippen molar-refractivity contribution in [2.75, 3.05) is 5.73 Å². The minimum absolute atomic E-state index is 0.153. The maximum Gasteiger partial charge on any atom is 0.170 e. The predicted octanol–water partition coefficient (Wildman–Crippen LogP) is 5.18. The molecule has 2 aromatic heterocycles. The fourth-order valence-corrected chi connectivity index (χ4v) is 3.30. The van der Waals surface area contributed by atoms with Crippen molar-refractivity contribution in [3.05, 3.63) is 102 Å². The van der Waals surface area contributed by atoms with Crippen LogP contribution in [0.15, 0.2) is 85.3 Å². The molecule has 4 aromatic rings. The van der Waals surface area contributed by atoms with E-state index in [-0.39, 0.29) is 5.78 Å². The van der Waals surface area contributed by atoms with Gasteiger partial charge in [0.2, 0.25) is 0 Å². The normalized spacial score (nSPS) is 10.6. The number of benzene rings is 2. The number of ketones is 1. The maximum atomic E-state index is 12.5. The second-order valence-corrected chi connectivity index (χ2v) is 7.48. The molecule has 2 aromatic carbocycles. The zero-order chi connectivity index (χ0) is 21.6. The van der Waals surface area contributed by atoms with Gasteiger partial charge in [-0.15, -0.1) is 0 Å². The highest BCUT2D eigenvalue weighted by molar-refractivity contribution is 5.83. The maximum absolute atomic E-state index is 12.5. The lowest BCUT2D eigenvalue weighted by atomic mass is 10.0. The van der Waals surface area contributed by atoms with Crippen molar-refractivity contribution in [3.63, 3.8) is 0 Å². The van der Waals surface area contributed by atoms with Gasteiger partial charge >= 0.3 is 0 Å². The van der Waals surface area contributed by atoms with Crippen LogP contribution in [0, 0.1) is 6.92 Å². The van der Waals surface area contributed by atoms with E-state index in [0.717, 1.165) is 22.3 Å². The summed E-state index contributed by atoms with van der Waals surface area (Å²) >= 11 is 0. The average Bonchev–Trinajstić information content (AvgIpc) is 2.78. The molecule has 0 radical (unpaired) electrons. The fourth-order valence-electron chi connectivity index (χ4n) is 3.30. The molecule has 154 valence electrons. The van der Waals surface area contributed by atoms with Gasteiger partial charge in [-0.2, -0.15) is 0 Å². The monoisotopic (exact) mass is 409 g/mol. The van der Waals surface area contributed by atoms with Crippen molar-refractivity contribution in [1.29, 1.82) is 0 Å². The standard InChI is InChI=1S/C26H23N3O2/c1-18-7-9-19(10-8-18)12-23(30)13-20-4-2-6-24(14-20)31-25-15-22(17-29-26(25)27)21-5-3-11-28-16-21/h2-11,14-17H,12-13H2,1H3,(H2,27,29). The largest absolute Gasteiger partial charge is 0.453 e. The number of anilines is 1. The Kier molecular flexibility index (Phi) is 6.03. The zero-order valence-electron chi connectivity index (χ0n) is 17.3. The number of nitrogens with zero attached hydrogens (tertiary/aromatic N) is 2. The molecule has 0 saturated carbocycles. The summed E-state index contributed by atoms with van der Waals surface area (Å²) in [7, 11) is 0.